The Balaban J connectivity index is 2.96. The van der Waals surface area contributed by atoms with Crippen LogP contribution in [0.3, 0.4) is 0 Å². The average molecular weight is 255 g/mol. The van der Waals surface area contributed by atoms with Crippen LogP contribution < -0.4 is 10.6 Å². The van der Waals surface area contributed by atoms with Gasteiger partial charge < -0.3 is 10.6 Å². The largest absolute Gasteiger partial charge is 0.370 e. The van der Waals surface area contributed by atoms with Gasteiger partial charge in [-0.25, -0.2) is 0 Å². The second kappa shape index (κ2) is 6.27. The highest BCUT2D eigenvalue weighted by Crippen LogP contribution is 2.29. The molecule has 0 aliphatic carbocycles. The van der Waals surface area contributed by atoms with E-state index in [9.17, 15) is 0 Å². The monoisotopic (exact) mass is 254 g/mol. The molecule has 0 saturated carbocycles. The molecule has 0 heterocycles. The first-order valence-corrected chi connectivity index (χ1v) is 6.63. The Labute approximate surface area is 110 Å². The Morgan fingerprint density at radius 1 is 1.29 bits per heavy atom. The molecule has 0 saturated heterocycles. The molecule has 2 nitrogen and oxygen atoms in total. The summed E-state index contributed by atoms with van der Waals surface area (Å²) in [6.07, 6.45) is 0. The number of halogens is 1. The zero-order valence-corrected chi connectivity index (χ0v) is 12.0. The Kier molecular flexibility index (Phi) is 5.29. The molecule has 0 spiro atoms. The molecule has 0 aliphatic heterocycles. The van der Waals surface area contributed by atoms with Crippen LogP contribution in [0, 0.1) is 5.92 Å². The van der Waals surface area contributed by atoms with Crippen molar-refractivity contribution < 1.29 is 0 Å². The van der Waals surface area contributed by atoms with Gasteiger partial charge >= 0.3 is 0 Å². The summed E-state index contributed by atoms with van der Waals surface area (Å²) >= 11 is 6.33. The van der Waals surface area contributed by atoms with E-state index in [1.807, 2.05) is 13.0 Å². The molecule has 0 aliphatic rings. The van der Waals surface area contributed by atoms with Gasteiger partial charge in [-0.3, -0.25) is 0 Å². The molecular formula is C14H23ClN2. The maximum Gasteiger partial charge on any atom is 0.0642 e. The van der Waals surface area contributed by atoms with Crippen LogP contribution >= 0.6 is 11.6 Å². The molecule has 0 fully saturated rings. The Morgan fingerprint density at radius 3 is 2.35 bits per heavy atom. The van der Waals surface area contributed by atoms with E-state index in [0.29, 0.717) is 5.92 Å². The highest BCUT2D eigenvalue weighted by molar-refractivity contribution is 6.33. The summed E-state index contributed by atoms with van der Waals surface area (Å²) in [6, 6.07) is 6.15. The maximum absolute atomic E-state index is 6.33. The molecule has 2 N–H and O–H groups in total. The van der Waals surface area contributed by atoms with Crippen molar-refractivity contribution in [2.75, 3.05) is 18.0 Å². The van der Waals surface area contributed by atoms with Crippen LogP contribution in [-0.2, 0) is 0 Å². The Hall–Kier alpha value is -0.730. The molecule has 3 heteroatoms. The van der Waals surface area contributed by atoms with Crippen molar-refractivity contribution in [1.29, 1.82) is 0 Å². The van der Waals surface area contributed by atoms with Gasteiger partial charge in [-0.2, -0.15) is 0 Å². The molecular weight excluding hydrogens is 232 g/mol. The van der Waals surface area contributed by atoms with Crippen LogP contribution in [0.25, 0.3) is 0 Å². The normalized spacial score (nSPS) is 12.9. The molecule has 0 bridgehead atoms. The molecule has 1 aromatic rings. The first-order valence-electron chi connectivity index (χ1n) is 6.25. The molecule has 0 aromatic heterocycles. The van der Waals surface area contributed by atoms with Gasteiger partial charge in [0, 0.05) is 19.1 Å². The number of nitrogens with two attached hydrogens (primary N) is 1. The predicted octanol–water partition coefficient (Wildman–Crippen LogP) is 3.84. The van der Waals surface area contributed by atoms with Gasteiger partial charge in [0.05, 0.1) is 10.7 Å². The second-order valence-corrected chi connectivity index (χ2v) is 5.34. The van der Waals surface area contributed by atoms with E-state index in [-0.39, 0.29) is 6.04 Å². The molecule has 0 amide bonds. The van der Waals surface area contributed by atoms with Gasteiger partial charge in [0.15, 0.2) is 0 Å². The van der Waals surface area contributed by atoms with E-state index < -0.39 is 0 Å². The van der Waals surface area contributed by atoms with Crippen molar-refractivity contribution in [2.24, 2.45) is 11.7 Å². The minimum atomic E-state index is 0.0294. The van der Waals surface area contributed by atoms with Crippen LogP contribution in [0.15, 0.2) is 18.2 Å². The van der Waals surface area contributed by atoms with Crippen molar-refractivity contribution >= 4 is 17.3 Å². The van der Waals surface area contributed by atoms with Crippen LogP contribution in [0.1, 0.15) is 39.3 Å². The highest BCUT2D eigenvalue weighted by atomic mass is 35.5. The molecule has 1 aromatic carbocycles. The summed E-state index contributed by atoms with van der Waals surface area (Å²) in [5.41, 5.74) is 8.04. The lowest BCUT2D eigenvalue weighted by Crippen LogP contribution is -2.27. The molecule has 96 valence electrons. The van der Waals surface area contributed by atoms with Crippen molar-refractivity contribution in [1.82, 2.24) is 0 Å². The Morgan fingerprint density at radius 2 is 1.94 bits per heavy atom. The smallest absolute Gasteiger partial charge is 0.0642 e. The summed E-state index contributed by atoms with van der Waals surface area (Å²) in [6.45, 7) is 10.5. The van der Waals surface area contributed by atoms with Crippen LogP contribution in [-0.4, -0.2) is 13.1 Å². The number of hydrogen-bond acceptors (Lipinski definition) is 2. The van der Waals surface area contributed by atoms with E-state index in [1.165, 1.54) is 0 Å². The van der Waals surface area contributed by atoms with Gasteiger partial charge in [0.25, 0.3) is 0 Å². The molecule has 17 heavy (non-hydrogen) atoms. The van der Waals surface area contributed by atoms with Crippen molar-refractivity contribution in [3.63, 3.8) is 0 Å². The zero-order chi connectivity index (χ0) is 13.0. The summed E-state index contributed by atoms with van der Waals surface area (Å²) in [5.74, 6) is 0.624. The lowest BCUT2D eigenvalue weighted by molar-refractivity contribution is 0.618. The lowest BCUT2D eigenvalue weighted by Gasteiger charge is -2.26. The molecule has 0 unspecified atom stereocenters. The van der Waals surface area contributed by atoms with Gasteiger partial charge in [0.1, 0.15) is 0 Å². The molecule has 0 radical (unpaired) electrons. The summed E-state index contributed by atoms with van der Waals surface area (Å²) < 4.78 is 0. The Bertz CT molecular complexity index is 361. The number of nitrogens with zero attached hydrogens (tertiary/aromatic N) is 1. The number of hydrogen-bond donors (Lipinski definition) is 1. The average Bonchev–Trinajstić information content (AvgIpc) is 2.25. The first kappa shape index (κ1) is 14.3. The van der Waals surface area contributed by atoms with Gasteiger partial charge in [-0.05, 0) is 37.5 Å². The fourth-order valence-corrected chi connectivity index (χ4v) is 2.21. The van der Waals surface area contributed by atoms with Crippen LogP contribution in [0.5, 0.6) is 0 Å². The lowest BCUT2D eigenvalue weighted by atomic mass is 10.1. The molecule has 1 atom stereocenters. The van der Waals surface area contributed by atoms with Crippen molar-refractivity contribution in [2.45, 2.75) is 33.7 Å². The number of anilines is 1. The second-order valence-electron chi connectivity index (χ2n) is 4.93. The summed E-state index contributed by atoms with van der Waals surface area (Å²) in [7, 11) is 0. The van der Waals surface area contributed by atoms with Crippen LogP contribution in [0.2, 0.25) is 5.02 Å². The SMILES string of the molecule is CCN(CC(C)C)c1ccc([C@H](C)N)cc1Cl. The standard InChI is InChI=1S/C14H23ClN2/c1-5-17(9-10(2)3)14-7-6-12(11(4)16)8-13(14)15/h6-8,10-11H,5,9,16H2,1-4H3/t11-/m0/s1. The van der Waals surface area contributed by atoms with E-state index in [1.54, 1.807) is 0 Å². The minimum absolute atomic E-state index is 0.0294. The number of rotatable bonds is 5. The third kappa shape index (κ3) is 3.90. The van der Waals surface area contributed by atoms with E-state index in [4.69, 9.17) is 17.3 Å². The third-order valence-corrected chi connectivity index (χ3v) is 3.11. The third-order valence-electron chi connectivity index (χ3n) is 2.81. The zero-order valence-electron chi connectivity index (χ0n) is 11.2. The van der Waals surface area contributed by atoms with Gasteiger partial charge in [0.2, 0.25) is 0 Å². The fraction of sp³-hybridized carbons (Fsp3) is 0.571. The van der Waals surface area contributed by atoms with Gasteiger partial charge in [-0.1, -0.05) is 31.5 Å². The first-order chi connectivity index (χ1) is 7.95. The van der Waals surface area contributed by atoms with Gasteiger partial charge in [-0.15, -0.1) is 0 Å². The summed E-state index contributed by atoms with van der Waals surface area (Å²) in [4.78, 5) is 2.30. The minimum Gasteiger partial charge on any atom is -0.370 e. The quantitative estimate of drug-likeness (QED) is 0.865. The van der Waals surface area contributed by atoms with E-state index >= 15 is 0 Å². The topological polar surface area (TPSA) is 29.3 Å². The predicted molar refractivity (Wildman–Crippen MR) is 76.8 cm³/mol. The van der Waals surface area contributed by atoms with Crippen molar-refractivity contribution in [3.05, 3.63) is 28.8 Å². The molecule has 1 rings (SSSR count). The van der Waals surface area contributed by atoms with Crippen LogP contribution in [0.4, 0.5) is 5.69 Å². The summed E-state index contributed by atoms with van der Waals surface area (Å²) in [5, 5.41) is 0.794. The fourth-order valence-electron chi connectivity index (χ4n) is 1.90. The number of benzene rings is 1. The maximum atomic E-state index is 6.33. The highest BCUT2D eigenvalue weighted by Gasteiger charge is 2.11. The van der Waals surface area contributed by atoms with Crippen molar-refractivity contribution in [3.8, 4) is 0 Å². The van der Waals surface area contributed by atoms with E-state index in [2.05, 4.69) is 37.8 Å². The van der Waals surface area contributed by atoms with E-state index in [0.717, 1.165) is 29.4 Å².